The lowest BCUT2D eigenvalue weighted by atomic mass is 10.0. The number of methoxy groups -OCH3 is 2. The molecule has 3 aromatic rings. The third kappa shape index (κ3) is 7.60. The van der Waals surface area contributed by atoms with Crippen molar-refractivity contribution in [3.05, 3.63) is 81.8 Å². The van der Waals surface area contributed by atoms with Crippen LogP contribution in [0.2, 0.25) is 0 Å². The number of aromatic nitrogens is 1. The van der Waals surface area contributed by atoms with Crippen LogP contribution in [0.15, 0.2) is 59.2 Å². The van der Waals surface area contributed by atoms with Gasteiger partial charge in [-0.05, 0) is 64.0 Å². The maximum absolute atomic E-state index is 13.3. The molecular formula is C26H25BrFNO6. The van der Waals surface area contributed by atoms with Crippen LogP contribution in [0.3, 0.4) is 0 Å². The molecule has 0 amide bonds. The molecule has 1 heterocycles. The Kier molecular flexibility index (Phi) is 9.75. The van der Waals surface area contributed by atoms with E-state index >= 15 is 0 Å². The predicted octanol–water partition coefficient (Wildman–Crippen LogP) is 5.44. The zero-order valence-electron chi connectivity index (χ0n) is 19.4. The molecule has 0 atom stereocenters. The van der Waals surface area contributed by atoms with Gasteiger partial charge in [0.15, 0.2) is 28.9 Å². The number of ether oxygens (including phenoxy) is 4. The summed E-state index contributed by atoms with van der Waals surface area (Å²) in [6.07, 6.45) is -0.0614. The minimum absolute atomic E-state index is 0.0158. The highest BCUT2D eigenvalue weighted by Gasteiger charge is 2.15. The number of halogens is 2. The Morgan fingerprint density at radius 1 is 0.886 bits per heavy atom. The second kappa shape index (κ2) is 13.0. The lowest BCUT2D eigenvalue weighted by Crippen LogP contribution is -2.09. The Hall–Kier alpha value is -3.30. The number of ketones is 2. The Balaban J connectivity index is 1.47. The summed E-state index contributed by atoms with van der Waals surface area (Å²) in [5.74, 6) is 0.537. The molecule has 35 heavy (non-hydrogen) atoms. The van der Waals surface area contributed by atoms with Gasteiger partial charge in [-0.3, -0.25) is 9.59 Å². The van der Waals surface area contributed by atoms with E-state index in [0.717, 1.165) is 17.4 Å². The molecule has 0 aliphatic carbocycles. The molecule has 0 saturated carbocycles. The molecule has 3 rings (SSSR count). The van der Waals surface area contributed by atoms with Crippen molar-refractivity contribution < 1.29 is 32.9 Å². The van der Waals surface area contributed by atoms with Gasteiger partial charge in [0.2, 0.25) is 0 Å². The van der Waals surface area contributed by atoms with Gasteiger partial charge < -0.3 is 18.9 Å². The van der Waals surface area contributed by atoms with Crippen LogP contribution in [0.1, 0.15) is 39.3 Å². The molecule has 0 radical (unpaired) electrons. The quantitative estimate of drug-likeness (QED) is 0.160. The van der Waals surface area contributed by atoms with Gasteiger partial charge in [-0.25, -0.2) is 9.37 Å². The first kappa shape index (κ1) is 26.3. The second-order valence-electron chi connectivity index (χ2n) is 7.43. The van der Waals surface area contributed by atoms with Crippen LogP contribution in [-0.4, -0.2) is 44.0 Å². The van der Waals surface area contributed by atoms with Crippen LogP contribution in [0.4, 0.5) is 4.39 Å². The maximum Gasteiger partial charge on any atom is 0.181 e. The third-order valence-electron chi connectivity index (χ3n) is 5.07. The van der Waals surface area contributed by atoms with Crippen LogP contribution < -0.4 is 14.2 Å². The topological polar surface area (TPSA) is 84.0 Å². The van der Waals surface area contributed by atoms with Gasteiger partial charge in [0.05, 0.1) is 27.4 Å². The SMILES string of the molecule is COc1ccc(COCCOc2ccc(C(=O)CCC(=O)c3ccc(F)c(Br)n3)cc2OC)cc1. The first-order chi connectivity index (χ1) is 16.9. The minimum atomic E-state index is -0.559. The van der Waals surface area contributed by atoms with E-state index in [2.05, 4.69) is 20.9 Å². The van der Waals surface area contributed by atoms with Crippen molar-refractivity contribution in [2.75, 3.05) is 27.4 Å². The Morgan fingerprint density at radius 2 is 1.63 bits per heavy atom. The summed E-state index contributed by atoms with van der Waals surface area (Å²) in [5, 5.41) is 0. The molecule has 0 N–H and O–H groups in total. The van der Waals surface area contributed by atoms with E-state index in [1.807, 2.05) is 24.3 Å². The monoisotopic (exact) mass is 545 g/mol. The molecule has 0 aliphatic heterocycles. The van der Waals surface area contributed by atoms with Gasteiger partial charge in [0.25, 0.3) is 0 Å². The summed E-state index contributed by atoms with van der Waals surface area (Å²) >= 11 is 2.95. The average Bonchev–Trinajstić information content (AvgIpc) is 2.88. The number of hydrogen-bond donors (Lipinski definition) is 0. The largest absolute Gasteiger partial charge is 0.497 e. The van der Waals surface area contributed by atoms with E-state index in [1.165, 1.54) is 13.2 Å². The molecule has 0 aliphatic rings. The lowest BCUT2D eigenvalue weighted by molar-refractivity contribution is 0.0878. The highest BCUT2D eigenvalue weighted by Crippen LogP contribution is 2.29. The van der Waals surface area contributed by atoms with Crippen LogP contribution in [-0.2, 0) is 11.3 Å². The first-order valence-corrected chi connectivity index (χ1v) is 11.6. The van der Waals surface area contributed by atoms with E-state index in [4.69, 9.17) is 18.9 Å². The molecule has 0 bridgehead atoms. The normalized spacial score (nSPS) is 10.6. The van der Waals surface area contributed by atoms with Crippen molar-refractivity contribution in [1.82, 2.24) is 4.98 Å². The number of rotatable bonds is 13. The van der Waals surface area contributed by atoms with Crippen molar-refractivity contribution in [2.24, 2.45) is 0 Å². The standard InChI is InChI=1S/C26H25BrFNO6/c1-32-19-6-3-17(4-7-19)16-34-13-14-35-24-12-5-18(15-25(24)33-2)22(30)10-11-23(31)21-9-8-20(28)26(27)29-21/h3-9,12,15H,10-11,13-14,16H2,1-2H3. The highest BCUT2D eigenvalue weighted by atomic mass is 79.9. The van der Waals surface area contributed by atoms with Crippen molar-refractivity contribution in [1.29, 1.82) is 0 Å². The van der Waals surface area contributed by atoms with Crippen molar-refractivity contribution in [3.63, 3.8) is 0 Å². The zero-order valence-corrected chi connectivity index (χ0v) is 21.0. The average molecular weight is 546 g/mol. The van der Waals surface area contributed by atoms with Gasteiger partial charge in [0.1, 0.15) is 22.7 Å². The predicted molar refractivity (Wildman–Crippen MR) is 131 cm³/mol. The van der Waals surface area contributed by atoms with Crippen molar-refractivity contribution in [3.8, 4) is 17.2 Å². The summed E-state index contributed by atoms with van der Waals surface area (Å²) < 4.78 is 35.1. The summed E-state index contributed by atoms with van der Waals surface area (Å²) in [7, 11) is 3.10. The summed E-state index contributed by atoms with van der Waals surface area (Å²) in [6.45, 7) is 1.11. The molecule has 9 heteroatoms. The van der Waals surface area contributed by atoms with Gasteiger partial charge in [-0.15, -0.1) is 0 Å². The fourth-order valence-corrected chi connectivity index (χ4v) is 3.48. The van der Waals surface area contributed by atoms with E-state index in [0.29, 0.717) is 36.9 Å². The number of benzene rings is 2. The molecule has 0 unspecified atom stereocenters. The number of nitrogens with zero attached hydrogens (tertiary/aromatic N) is 1. The van der Waals surface area contributed by atoms with E-state index < -0.39 is 5.82 Å². The fraction of sp³-hybridized carbons (Fsp3) is 0.269. The number of hydrogen-bond acceptors (Lipinski definition) is 7. The van der Waals surface area contributed by atoms with Crippen LogP contribution in [0, 0.1) is 5.82 Å². The van der Waals surface area contributed by atoms with Crippen LogP contribution >= 0.6 is 15.9 Å². The fourth-order valence-electron chi connectivity index (χ4n) is 3.15. The molecule has 7 nitrogen and oxygen atoms in total. The number of Topliss-reactive ketones (excluding diaryl/α,β-unsaturated/α-hetero) is 2. The number of carbonyl (C=O) groups excluding carboxylic acids is 2. The Labute approximate surface area is 211 Å². The van der Waals surface area contributed by atoms with Crippen molar-refractivity contribution in [2.45, 2.75) is 19.4 Å². The van der Waals surface area contributed by atoms with Crippen molar-refractivity contribution >= 4 is 27.5 Å². The molecular weight excluding hydrogens is 521 g/mol. The van der Waals surface area contributed by atoms with Crippen LogP contribution in [0.5, 0.6) is 17.2 Å². The van der Waals surface area contributed by atoms with Gasteiger partial charge in [0, 0.05) is 18.4 Å². The van der Waals surface area contributed by atoms with E-state index in [1.54, 1.807) is 25.3 Å². The van der Waals surface area contributed by atoms with E-state index in [-0.39, 0.29) is 34.7 Å². The summed E-state index contributed by atoms with van der Waals surface area (Å²) in [5.41, 5.74) is 1.51. The van der Waals surface area contributed by atoms with E-state index in [9.17, 15) is 14.0 Å². The van der Waals surface area contributed by atoms with Gasteiger partial charge >= 0.3 is 0 Å². The summed E-state index contributed by atoms with van der Waals surface area (Å²) in [6, 6.07) is 14.9. The minimum Gasteiger partial charge on any atom is -0.497 e. The molecule has 1 aromatic heterocycles. The number of carbonyl (C=O) groups is 2. The summed E-state index contributed by atoms with van der Waals surface area (Å²) in [4.78, 5) is 28.7. The van der Waals surface area contributed by atoms with Gasteiger partial charge in [-0.2, -0.15) is 0 Å². The molecule has 0 saturated heterocycles. The first-order valence-electron chi connectivity index (χ1n) is 10.8. The Bertz CT molecular complexity index is 1170. The maximum atomic E-state index is 13.3. The molecule has 0 fully saturated rings. The second-order valence-corrected chi connectivity index (χ2v) is 8.18. The highest BCUT2D eigenvalue weighted by molar-refractivity contribution is 9.10. The number of pyridine rings is 1. The third-order valence-corrected chi connectivity index (χ3v) is 5.62. The lowest BCUT2D eigenvalue weighted by Gasteiger charge is -2.12. The molecule has 184 valence electrons. The van der Waals surface area contributed by atoms with Gasteiger partial charge in [-0.1, -0.05) is 12.1 Å². The Morgan fingerprint density at radius 3 is 2.31 bits per heavy atom. The smallest absolute Gasteiger partial charge is 0.181 e. The van der Waals surface area contributed by atoms with Crippen LogP contribution in [0.25, 0.3) is 0 Å². The molecule has 0 spiro atoms. The zero-order chi connectivity index (χ0) is 25.2. The molecule has 2 aromatic carbocycles.